The first-order valence-electron chi connectivity index (χ1n) is 5.50. The summed E-state index contributed by atoms with van der Waals surface area (Å²) in [6, 6.07) is 9.06. The number of halogens is 1. The van der Waals surface area contributed by atoms with Crippen molar-refractivity contribution in [1.29, 1.82) is 5.26 Å². The van der Waals surface area contributed by atoms with Crippen molar-refractivity contribution in [1.82, 2.24) is 14.7 Å². The van der Waals surface area contributed by atoms with Crippen LogP contribution < -0.4 is 0 Å². The molecule has 1 heterocycles. The van der Waals surface area contributed by atoms with Crippen LogP contribution in [0.2, 0.25) is 0 Å². The molecule has 2 aromatic rings. The minimum absolute atomic E-state index is 0.172. The van der Waals surface area contributed by atoms with Gasteiger partial charge in [0.15, 0.2) is 5.69 Å². The van der Waals surface area contributed by atoms with Crippen molar-refractivity contribution in [3.05, 3.63) is 46.2 Å². The molecular weight excluding hydrogens is 308 g/mol. The summed E-state index contributed by atoms with van der Waals surface area (Å²) < 4.78 is 2.35. The summed E-state index contributed by atoms with van der Waals surface area (Å²) in [6.45, 7) is 0. The molecule has 0 radical (unpaired) electrons. The molecule has 96 valence electrons. The highest BCUT2D eigenvalue weighted by molar-refractivity contribution is 9.10. The Hall–Kier alpha value is -2.13. The molecule has 0 N–H and O–H groups in total. The zero-order valence-corrected chi connectivity index (χ0v) is 12.0. The number of carbonyl (C=O) groups is 1. The predicted octanol–water partition coefficient (Wildman–Crippen LogP) is 2.21. The molecule has 0 unspecified atom stereocenters. The second kappa shape index (κ2) is 5.24. The number of benzene rings is 1. The molecule has 0 aliphatic rings. The fraction of sp³-hybridized carbons (Fsp3) is 0.154. The van der Waals surface area contributed by atoms with E-state index in [0.717, 1.165) is 4.47 Å². The fourth-order valence-corrected chi connectivity index (χ4v) is 1.96. The van der Waals surface area contributed by atoms with Gasteiger partial charge in [-0.3, -0.25) is 4.79 Å². The molecule has 0 saturated carbocycles. The molecule has 0 bridgehead atoms. The lowest BCUT2D eigenvalue weighted by Crippen LogP contribution is -2.22. The van der Waals surface area contributed by atoms with E-state index in [1.54, 1.807) is 38.5 Å². The topological polar surface area (TPSA) is 61.9 Å². The number of nitrogens with zero attached hydrogens (tertiary/aromatic N) is 4. The first kappa shape index (κ1) is 13.3. The highest BCUT2D eigenvalue weighted by Gasteiger charge is 2.13. The Kier molecular flexibility index (Phi) is 3.67. The number of amides is 1. The summed E-state index contributed by atoms with van der Waals surface area (Å²) in [5.41, 5.74) is 1.47. The lowest BCUT2D eigenvalue weighted by atomic mass is 10.2. The predicted molar refractivity (Wildman–Crippen MR) is 74.0 cm³/mol. The number of carbonyl (C=O) groups excluding carboxylic acids is 1. The zero-order valence-electron chi connectivity index (χ0n) is 10.5. The molecule has 0 aliphatic carbocycles. The van der Waals surface area contributed by atoms with Gasteiger partial charge in [-0.2, -0.15) is 10.4 Å². The summed E-state index contributed by atoms with van der Waals surface area (Å²) in [7, 11) is 3.34. The van der Waals surface area contributed by atoms with Gasteiger partial charge in [0, 0.05) is 24.8 Å². The maximum atomic E-state index is 11.8. The first-order valence-corrected chi connectivity index (χ1v) is 6.29. The van der Waals surface area contributed by atoms with Crippen LogP contribution in [0.4, 0.5) is 0 Å². The van der Waals surface area contributed by atoms with Crippen LogP contribution >= 0.6 is 15.9 Å². The molecule has 0 fully saturated rings. The van der Waals surface area contributed by atoms with E-state index in [-0.39, 0.29) is 5.91 Å². The highest BCUT2D eigenvalue weighted by atomic mass is 79.9. The Morgan fingerprint density at radius 2 is 2.16 bits per heavy atom. The standard InChI is InChI=1S/C13H11BrN4O/c1-17(2)13(19)11-5-6-18(16-11)12-4-3-10(14)7-9(12)8-15/h3-7H,1-2H3. The van der Waals surface area contributed by atoms with Gasteiger partial charge >= 0.3 is 0 Å². The molecule has 6 heteroatoms. The Bertz CT molecular complexity index is 670. The quantitative estimate of drug-likeness (QED) is 0.852. The Morgan fingerprint density at radius 3 is 2.79 bits per heavy atom. The maximum Gasteiger partial charge on any atom is 0.273 e. The Labute approximate surface area is 119 Å². The number of aromatic nitrogens is 2. The molecule has 1 aromatic heterocycles. The van der Waals surface area contributed by atoms with Crippen LogP contribution in [0.15, 0.2) is 34.9 Å². The van der Waals surface area contributed by atoms with Gasteiger partial charge in [-0.1, -0.05) is 15.9 Å². The van der Waals surface area contributed by atoms with Crippen LogP contribution in [0.5, 0.6) is 0 Å². The van der Waals surface area contributed by atoms with Crippen molar-refractivity contribution >= 4 is 21.8 Å². The van der Waals surface area contributed by atoms with Gasteiger partial charge in [0.2, 0.25) is 0 Å². The maximum absolute atomic E-state index is 11.8. The van der Waals surface area contributed by atoms with Gasteiger partial charge in [0.25, 0.3) is 5.91 Å². The van der Waals surface area contributed by atoms with Crippen molar-refractivity contribution in [2.75, 3.05) is 14.1 Å². The van der Waals surface area contributed by atoms with Crippen LogP contribution in [0.1, 0.15) is 16.1 Å². The van der Waals surface area contributed by atoms with Crippen LogP contribution in [-0.2, 0) is 0 Å². The van der Waals surface area contributed by atoms with E-state index in [4.69, 9.17) is 5.26 Å². The number of hydrogen-bond acceptors (Lipinski definition) is 3. The van der Waals surface area contributed by atoms with E-state index in [9.17, 15) is 4.79 Å². The van der Waals surface area contributed by atoms with Crippen molar-refractivity contribution in [3.63, 3.8) is 0 Å². The molecule has 2 rings (SSSR count). The monoisotopic (exact) mass is 318 g/mol. The average Bonchev–Trinajstić information content (AvgIpc) is 2.86. The number of nitriles is 1. The third-order valence-corrected chi connectivity index (χ3v) is 3.03. The zero-order chi connectivity index (χ0) is 14.0. The smallest absolute Gasteiger partial charge is 0.273 e. The summed E-state index contributed by atoms with van der Waals surface area (Å²) in [5.74, 6) is -0.172. The van der Waals surface area contributed by atoms with Crippen LogP contribution in [0.25, 0.3) is 5.69 Å². The molecule has 0 spiro atoms. The Balaban J connectivity index is 2.44. The molecule has 1 aromatic carbocycles. The van der Waals surface area contributed by atoms with Gasteiger partial charge < -0.3 is 4.90 Å². The van der Waals surface area contributed by atoms with Crippen molar-refractivity contribution in [2.24, 2.45) is 0 Å². The summed E-state index contributed by atoms with van der Waals surface area (Å²) in [5, 5.41) is 13.3. The van der Waals surface area contributed by atoms with E-state index in [0.29, 0.717) is 16.9 Å². The highest BCUT2D eigenvalue weighted by Crippen LogP contribution is 2.19. The van der Waals surface area contributed by atoms with Crippen LogP contribution in [0, 0.1) is 11.3 Å². The Morgan fingerprint density at radius 1 is 1.42 bits per heavy atom. The third kappa shape index (κ3) is 2.66. The molecule has 19 heavy (non-hydrogen) atoms. The minimum Gasteiger partial charge on any atom is -0.343 e. The minimum atomic E-state index is -0.172. The molecule has 0 aliphatic heterocycles. The molecule has 0 saturated heterocycles. The second-order valence-electron chi connectivity index (χ2n) is 4.12. The van der Waals surface area contributed by atoms with Gasteiger partial charge in [0.1, 0.15) is 6.07 Å². The van der Waals surface area contributed by atoms with E-state index in [1.807, 2.05) is 6.07 Å². The van der Waals surface area contributed by atoms with Gasteiger partial charge in [-0.15, -0.1) is 0 Å². The summed E-state index contributed by atoms with van der Waals surface area (Å²) >= 11 is 3.32. The van der Waals surface area contributed by atoms with E-state index in [2.05, 4.69) is 27.1 Å². The van der Waals surface area contributed by atoms with Gasteiger partial charge in [0.05, 0.1) is 11.3 Å². The number of rotatable bonds is 2. The molecule has 0 atom stereocenters. The summed E-state index contributed by atoms with van der Waals surface area (Å²) in [6.07, 6.45) is 1.67. The third-order valence-electron chi connectivity index (χ3n) is 2.54. The van der Waals surface area contributed by atoms with Crippen molar-refractivity contribution < 1.29 is 4.79 Å². The fourth-order valence-electron chi connectivity index (χ4n) is 1.60. The average molecular weight is 319 g/mol. The SMILES string of the molecule is CN(C)C(=O)c1ccn(-c2ccc(Br)cc2C#N)n1. The largest absolute Gasteiger partial charge is 0.343 e. The summed E-state index contributed by atoms with van der Waals surface area (Å²) in [4.78, 5) is 13.2. The lowest BCUT2D eigenvalue weighted by Gasteiger charge is -2.07. The number of hydrogen-bond donors (Lipinski definition) is 0. The van der Waals surface area contributed by atoms with Crippen molar-refractivity contribution in [3.8, 4) is 11.8 Å². The first-order chi connectivity index (χ1) is 9.02. The second-order valence-corrected chi connectivity index (χ2v) is 5.03. The molecule has 5 nitrogen and oxygen atoms in total. The van der Waals surface area contributed by atoms with Crippen LogP contribution in [-0.4, -0.2) is 34.7 Å². The normalized spacial score (nSPS) is 10.0. The van der Waals surface area contributed by atoms with Crippen molar-refractivity contribution in [2.45, 2.75) is 0 Å². The van der Waals surface area contributed by atoms with Gasteiger partial charge in [-0.25, -0.2) is 4.68 Å². The van der Waals surface area contributed by atoms with Gasteiger partial charge in [-0.05, 0) is 24.3 Å². The van der Waals surface area contributed by atoms with E-state index in [1.165, 1.54) is 9.58 Å². The molecule has 1 amide bonds. The molecular formula is C13H11BrN4O. The van der Waals surface area contributed by atoms with E-state index >= 15 is 0 Å². The van der Waals surface area contributed by atoms with Crippen LogP contribution in [0.3, 0.4) is 0 Å². The lowest BCUT2D eigenvalue weighted by molar-refractivity contribution is 0.0821. The van der Waals surface area contributed by atoms with E-state index < -0.39 is 0 Å².